The fraction of sp³-hybridized carbons (Fsp3) is 0.714. The van der Waals surface area contributed by atoms with Crippen LogP contribution in [-0.4, -0.2) is 32.4 Å². The number of hydrogen-bond acceptors (Lipinski definition) is 4. The molecule has 1 unspecified atom stereocenters. The number of sulfonamides is 1. The summed E-state index contributed by atoms with van der Waals surface area (Å²) in [6.07, 6.45) is 3.01. The normalized spacial score (nSPS) is 21.4. The second kappa shape index (κ2) is 7.55. The first-order valence-electron chi connectivity index (χ1n) is 7.44. The molecule has 4 nitrogen and oxygen atoms in total. The molecule has 1 aliphatic rings. The summed E-state index contributed by atoms with van der Waals surface area (Å²) in [6.45, 7) is 7.10. The van der Waals surface area contributed by atoms with Crippen LogP contribution in [0.25, 0.3) is 0 Å². The van der Waals surface area contributed by atoms with Gasteiger partial charge in [-0.3, -0.25) is 0 Å². The number of hydrogen-bond donors (Lipinski definition) is 1. The zero-order chi connectivity index (χ0) is 15.5. The van der Waals surface area contributed by atoms with Gasteiger partial charge in [-0.05, 0) is 53.7 Å². The SMILES string of the molecule is CCNCc1cc(S(=O)(=O)N2CCCC(C)CC2)c(Br)s1. The van der Waals surface area contributed by atoms with Crippen molar-refractivity contribution in [3.05, 3.63) is 14.7 Å². The molecule has 0 radical (unpaired) electrons. The van der Waals surface area contributed by atoms with Crippen LogP contribution in [0.1, 0.15) is 38.0 Å². The Hall–Kier alpha value is 0.0500. The molecule has 0 aromatic carbocycles. The maximum atomic E-state index is 12.8. The maximum Gasteiger partial charge on any atom is 0.245 e. The van der Waals surface area contributed by atoms with Crippen molar-refractivity contribution in [3.8, 4) is 0 Å². The summed E-state index contributed by atoms with van der Waals surface area (Å²) in [5.41, 5.74) is 0. The minimum atomic E-state index is -3.37. The molecule has 1 aliphatic heterocycles. The molecule has 1 fully saturated rings. The van der Waals surface area contributed by atoms with Crippen molar-refractivity contribution in [2.75, 3.05) is 19.6 Å². The largest absolute Gasteiger partial charge is 0.312 e. The molecule has 120 valence electrons. The van der Waals surface area contributed by atoms with E-state index in [9.17, 15) is 8.42 Å². The molecule has 2 rings (SSSR count). The Bertz CT molecular complexity index is 572. The van der Waals surface area contributed by atoms with E-state index in [1.54, 1.807) is 10.4 Å². The minimum Gasteiger partial charge on any atom is -0.312 e. The van der Waals surface area contributed by atoms with Crippen molar-refractivity contribution >= 4 is 37.3 Å². The van der Waals surface area contributed by atoms with Crippen molar-refractivity contribution in [1.29, 1.82) is 0 Å². The number of thiophene rings is 1. The van der Waals surface area contributed by atoms with Gasteiger partial charge in [0.15, 0.2) is 0 Å². The summed E-state index contributed by atoms with van der Waals surface area (Å²) >= 11 is 4.93. The van der Waals surface area contributed by atoms with Gasteiger partial charge >= 0.3 is 0 Å². The molecule has 1 aromatic heterocycles. The molecule has 0 aliphatic carbocycles. The fourth-order valence-electron chi connectivity index (χ4n) is 2.53. The molecule has 0 spiro atoms. The topological polar surface area (TPSA) is 49.4 Å². The highest BCUT2D eigenvalue weighted by Crippen LogP contribution is 2.34. The van der Waals surface area contributed by atoms with Crippen LogP contribution in [0.15, 0.2) is 14.7 Å². The second-order valence-electron chi connectivity index (χ2n) is 5.57. The summed E-state index contributed by atoms with van der Waals surface area (Å²) < 4.78 is 28.0. The molecule has 21 heavy (non-hydrogen) atoms. The average Bonchev–Trinajstić information content (AvgIpc) is 2.66. The summed E-state index contributed by atoms with van der Waals surface area (Å²) in [7, 11) is -3.37. The van der Waals surface area contributed by atoms with E-state index in [2.05, 4.69) is 28.2 Å². The molecule has 0 saturated carbocycles. The highest BCUT2D eigenvalue weighted by molar-refractivity contribution is 9.11. The summed E-state index contributed by atoms with van der Waals surface area (Å²) in [5.74, 6) is 0.612. The van der Waals surface area contributed by atoms with Gasteiger partial charge in [0.1, 0.15) is 4.90 Å². The number of nitrogens with one attached hydrogen (secondary N) is 1. The molecule has 0 bridgehead atoms. The van der Waals surface area contributed by atoms with Gasteiger partial charge in [0.2, 0.25) is 10.0 Å². The molecule has 0 amide bonds. The third-order valence-electron chi connectivity index (χ3n) is 3.85. The van der Waals surface area contributed by atoms with E-state index in [1.807, 2.05) is 6.92 Å². The zero-order valence-electron chi connectivity index (χ0n) is 12.6. The second-order valence-corrected chi connectivity index (χ2v) is 9.93. The van der Waals surface area contributed by atoms with Crippen molar-refractivity contribution in [3.63, 3.8) is 0 Å². The molecule has 2 heterocycles. The molecule has 1 saturated heterocycles. The molecule has 1 N–H and O–H groups in total. The standard InChI is InChI=1S/C14H23BrN2O2S2/c1-3-16-10-12-9-13(14(15)20-12)21(18,19)17-7-4-5-11(2)6-8-17/h9,11,16H,3-8,10H2,1-2H3. The molecular weight excluding hydrogens is 372 g/mol. The van der Waals surface area contributed by atoms with Gasteiger partial charge in [0.05, 0.1) is 3.79 Å². The van der Waals surface area contributed by atoms with Crippen LogP contribution < -0.4 is 5.32 Å². The predicted molar refractivity (Wildman–Crippen MR) is 91.2 cm³/mol. The van der Waals surface area contributed by atoms with Crippen molar-refractivity contribution < 1.29 is 8.42 Å². The van der Waals surface area contributed by atoms with Crippen LogP contribution >= 0.6 is 27.3 Å². The van der Waals surface area contributed by atoms with Gasteiger partial charge in [-0.2, -0.15) is 4.31 Å². The van der Waals surface area contributed by atoms with Gasteiger partial charge < -0.3 is 5.32 Å². The van der Waals surface area contributed by atoms with Crippen LogP contribution in [0.5, 0.6) is 0 Å². The summed E-state index contributed by atoms with van der Waals surface area (Å²) in [4.78, 5) is 1.47. The van der Waals surface area contributed by atoms with Gasteiger partial charge in [0, 0.05) is 24.5 Å². The Balaban J connectivity index is 2.20. The molecular formula is C14H23BrN2O2S2. The first-order valence-corrected chi connectivity index (χ1v) is 10.5. The van der Waals surface area contributed by atoms with Gasteiger partial charge in [0.25, 0.3) is 0 Å². The Morgan fingerprint density at radius 3 is 2.90 bits per heavy atom. The van der Waals surface area contributed by atoms with E-state index < -0.39 is 10.0 Å². The number of nitrogens with zero attached hydrogens (tertiary/aromatic N) is 1. The Kier molecular flexibility index (Phi) is 6.25. The van der Waals surface area contributed by atoms with Gasteiger partial charge in [-0.1, -0.05) is 13.8 Å². The Morgan fingerprint density at radius 2 is 2.19 bits per heavy atom. The first kappa shape index (κ1) is 17.4. The minimum absolute atomic E-state index is 0.426. The van der Waals surface area contributed by atoms with E-state index in [1.165, 1.54) is 11.3 Å². The van der Waals surface area contributed by atoms with Crippen molar-refractivity contribution in [1.82, 2.24) is 9.62 Å². The average molecular weight is 395 g/mol. The first-order chi connectivity index (χ1) is 9.95. The summed E-state index contributed by atoms with van der Waals surface area (Å²) in [5, 5.41) is 3.23. The predicted octanol–water partition coefficient (Wildman–Crippen LogP) is 3.43. The third-order valence-corrected chi connectivity index (χ3v) is 8.00. The van der Waals surface area contributed by atoms with E-state index in [4.69, 9.17) is 0 Å². The van der Waals surface area contributed by atoms with Crippen molar-refractivity contribution in [2.45, 2.75) is 44.6 Å². The smallest absolute Gasteiger partial charge is 0.245 e. The van der Waals surface area contributed by atoms with Crippen LogP contribution in [-0.2, 0) is 16.6 Å². The third kappa shape index (κ3) is 4.28. The van der Waals surface area contributed by atoms with Gasteiger partial charge in [-0.15, -0.1) is 11.3 Å². The van der Waals surface area contributed by atoms with E-state index >= 15 is 0 Å². The van der Waals surface area contributed by atoms with Crippen LogP contribution in [0.2, 0.25) is 0 Å². The highest BCUT2D eigenvalue weighted by atomic mass is 79.9. The Morgan fingerprint density at radius 1 is 1.43 bits per heavy atom. The monoisotopic (exact) mass is 394 g/mol. The Labute approximate surface area is 140 Å². The van der Waals surface area contributed by atoms with E-state index in [-0.39, 0.29) is 0 Å². The quantitative estimate of drug-likeness (QED) is 0.831. The molecule has 1 atom stereocenters. The zero-order valence-corrected chi connectivity index (χ0v) is 15.8. The van der Waals surface area contributed by atoms with Gasteiger partial charge in [-0.25, -0.2) is 8.42 Å². The van der Waals surface area contributed by atoms with E-state index in [0.717, 1.165) is 30.7 Å². The highest BCUT2D eigenvalue weighted by Gasteiger charge is 2.29. The molecule has 1 aromatic rings. The summed E-state index contributed by atoms with van der Waals surface area (Å²) in [6, 6.07) is 1.81. The number of rotatable bonds is 5. The van der Waals surface area contributed by atoms with Crippen LogP contribution in [0.4, 0.5) is 0 Å². The lowest BCUT2D eigenvalue weighted by Gasteiger charge is -2.19. The number of halogens is 1. The maximum absolute atomic E-state index is 12.8. The lowest BCUT2D eigenvalue weighted by atomic mass is 10.0. The lowest BCUT2D eigenvalue weighted by Crippen LogP contribution is -2.32. The molecule has 7 heteroatoms. The van der Waals surface area contributed by atoms with Crippen molar-refractivity contribution in [2.24, 2.45) is 5.92 Å². The van der Waals surface area contributed by atoms with E-state index in [0.29, 0.717) is 34.2 Å². The lowest BCUT2D eigenvalue weighted by molar-refractivity contribution is 0.416. The van der Waals surface area contributed by atoms with Crippen LogP contribution in [0, 0.1) is 5.92 Å². The van der Waals surface area contributed by atoms with Crippen LogP contribution in [0.3, 0.4) is 0 Å². The fourth-order valence-corrected chi connectivity index (χ4v) is 6.62.